The molecule has 4 aromatic rings. The molecule has 0 saturated heterocycles. The molecular formula is C26H22O4S. The summed E-state index contributed by atoms with van der Waals surface area (Å²) in [5, 5.41) is 0. The van der Waals surface area contributed by atoms with Crippen LogP contribution in [0.1, 0.15) is 5.56 Å². The molecule has 0 spiro atoms. The molecule has 1 unspecified atom stereocenters. The van der Waals surface area contributed by atoms with E-state index in [2.05, 4.69) is 31.2 Å². The standard InChI is InChI=1S/C26H22O4S/c1-19-3-5-20(6-4-19)21-7-9-23(10-8-21)29-24-15-17-26(18-16-24)31(27)30-25-13-11-22(28-2)12-14-25/h3-18H,1-2H3. The van der Waals surface area contributed by atoms with E-state index in [1.807, 2.05) is 24.3 Å². The van der Waals surface area contributed by atoms with E-state index in [-0.39, 0.29) is 0 Å². The normalized spacial score (nSPS) is 11.5. The van der Waals surface area contributed by atoms with Crippen LogP contribution in [0.4, 0.5) is 0 Å². The first-order valence-corrected chi connectivity index (χ1v) is 10.9. The lowest BCUT2D eigenvalue weighted by Crippen LogP contribution is -2.01. The predicted molar refractivity (Wildman–Crippen MR) is 123 cm³/mol. The zero-order valence-electron chi connectivity index (χ0n) is 17.3. The van der Waals surface area contributed by atoms with E-state index < -0.39 is 11.1 Å². The van der Waals surface area contributed by atoms with Crippen molar-refractivity contribution in [2.45, 2.75) is 11.8 Å². The lowest BCUT2D eigenvalue weighted by molar-refractivity contribution is 0.414. The van der Waals surface area contributed by atoms with Crippen LogP contribution < -0.4 is 13.7 Å². The Labute approximate surface area is 184 Å². The van der Waals surface area contributed by atoms with E-state index in [0.717, 1.165) is 11.3 Å². The van der Waals surface area contributed by atoms with E-state index in [4.69, 9.17) is 13.7 Å². The molecule has 4 nitrogen and oxygen atoms in total. The summed E-state index contributed by atoms with van der Waals surface area (Å²) < 4.78 is 29.0. The maximum absolute atomic E-state index is 12.4. The van der Waals surface area contributed by atoms with Gasteiger partial charge >= 0.3 is 0 Å². The van der Waals surface area contributed by atoms with Gasteiger partial charge in [-0.25, -0.2) is 4.21 Å². The fraction of sp³-hybridized carbons (Fsp3) is 0.0769. The molecule has 0 radical (unpaired) electrons. The molecule has 0 aliphatic heterocycles. The number of rotatable bonds is 7. The molecule has 0 fully saturated rings. The zero-order valence-corrected chi connectivity index (χ0v) is 18.1. The number of methoxy groups -OCH3 is 1. The van der Waals surface area contributed by atoms with Crippen molar-refractivity contribution in [1.82, 2.24) is 0 Å². The topological polar surface area (TPSA) is 44.8 Å². The second kappa shape index (κ2) is 9.49. The summed E-state index contributed by atoms with van der Waals surface area (Å²) >= 11 is -1.62. The second-order valence-electron chi connectivity index (χ2n) is 6.96. The summed E-state index contributed by atoms with van der Waals surface area (Å²) in [5.74, 6) is 2.62. The monoisotopic (exact) mass is 430 g/mol. The van der Waals surface area contributed by atoms with Gasteiger partial charge in [0.15, 0.2) is 0 Å². The molecule has 0 aromatic heterocycles. The highest BCUT2D eigenvalue weighted by molar-refractivity contribution is 7.80. The van der Waals surface area contributed by atoms with Gasteiger partial charge in [0.05, 0.1) is 12.0 Å². The number of hydrogen-bond donors (Lipinski definition) is 0. The lowest BCUT2D eigenvalue weighted by atomic mass is 10.0. The second-order valence-corrected chi connectivity index (χ2v) is 8.06. The van der Waals surface area contributed by atoms with Crippen molar-refractivity contribution in [3.8, 4) is 34.1 Å². The van der Waals surface area contributed by atoms with Crippen LogP contribution in [-0.4, -0.2) is 11.3 Å². The van der Waals surface area contributed by atoms with Gasteiger partial charge in [-0.1, -0.05) is 42.0 Å². The molecule has 156 valence electrons. The molecule has 31 heavy (non-hydrogen) atoms. The summed E-state index contributed by atoms with van der Waals surface area (Å²) in [6, 6.07) is 30.3. The number of aryl methyl sites for hydroxylation is 1. The minimum Gasteiger partial charge on any atom is -0.497 e. The third-order valence-electron chi connectivity index (χ3n) is 4.72. The van der Waals surface area contributed by atoms with Crippen molar-refractivity contribution in [1.29, 1.82) is 0 Å². The Morgan fingerprint density at radius 2 is 1.03 bits per heavy atom. The maximum atomic E-state index is 12.4. The minimum absolute atomic E-state index is 0.508. The van der Waals surface area contributed by atoms with E-state index in [0.29, 0.717) is 22.1 Å². The van der Waals surface area contributed by atoms with Gasteiger partial charge in [0, 0.05) is 0 Å². The Morgan fingerprint density at radius 1 is 0.581 bits per heavy atom. The van der Waals surface area contributed by atoms with E-state index in [1.165, 1.54) is 11.1 Å². The Balaban J connectivity index is 1.38. The van der Waals surface area contributed by atoms with Crippen LogP contribution in [0.2, 0.25) is 0 Å². The highest BCUT2D eigenvalue weighted by atomic mass is 32.2. The molecule has 0 amide bonds. The molecule has 0 saturated carbocycles. The first-order valence-electron chi connectivity index (χ1n) is 9.80. The van der Waals surface area contributed by atoms with E-state index >= 15 is 0 Å². The van der Waals surface area contributed by atoms with Crippen LogP contribution >= 0.6 is 0 Å². The molecule has 4 rings (SSSR count). The summed E-state index contributed by atoms with van der Waals surface area (Å²) in [6.07, 6.45) is 0. The van der Waals surface area contributed by atoms with Gasteiger partial charge in [0.25, 0.3) is 0 Å². The Morgan fingerprint density at radius 3 is 1.58 bits per heavy atom. The predicted octanol–water partition coefficient (Wildman–Crippen LogP) is 6.56. The zero-order chi connectivity index (χ0) is 21.6. The number of ether oxygens (including phenoxy) is 2. The average Bonchev–Trinajstić information content (AvgIpc) is 2.81. The summed E-state index contributed by atoms with van der Waals surface area (Å²) in [7, 11) is 1.59. The van der Waals surface area contributed by atoms with Crippen LogP contribution in [0.5, 0.6) is 23.0 Å². The quantitative estimate of drug-likeness (QED) is 0.333. The molecule has 0 heterocycles. The maximum Gasteiger partial charge on any atom is 0.240 e. The molecule has 1 atom stereocenters. The van der Waals surface area contributed by atoms with Crippen LogP contribution in [0.3, 0.4) is 0 Å². The first kappa shape index (κ1) is 20.7. The summed E-state index contributed by atoms with van der Waals surface area (Å²) in [6.45, 7) is 2.08. The molecule has 0 aliphatic carbocycles. The molecule has 0 aliphatic rings. The highest BCUT2D eigenvalue weighted by Crippen LogP contribution is 2.27. The number of hydrogen-bond acceptors (Lipinski definition) is 4. The molecule has 0 bridgehead atoms. The van der Waals surface area contributed by atoms with Crippen LogP contribution in [-0.2, 0) is 11.1 Å². The molecule has 5 heteroatoms. The molecular weight excluding hydrogens is 408 g/mol. The van der Waals surface area contributed by atoms with Gasteiger partial charge in [0.2, 0.25) is 11.1 Å². The largest absolute Gasteiger partial charge is 0.497 e. The van der Waals surface area contributed by atoms with Crippen molar-refractivity contribution in [2.75, 3.05) is 7.11 Å². The van der Waals surface area contributed by atoms with Crippen molar-refractivity contribution in [3.05, 3.63) is 103 Å². The SMILES string of the molecule is COc1ccc(OS(=O)c2ccc(Oc3ccc(-c4ccc(C)cc4)cc3)cc2)cc1. The Bertz CT molecular complexity index is 1150. The minimum atomic E-state index is -1.62. The summed E-state index contributed by atoms with van der Waals surface area (Å²) in [5.41, 5.74) is 3.54. The van der Waals surface area contributed by atoms with Gasteiger partial charge in [-0.2, -0.15) is 0 Å². The van der Waals surface area contributed by atoms with Crippen LogP contribution in [0.25, 0.3) is 11.1 Å². The third-order valence-corrected chi connectivity index (χ3v) is 5.72. The van der Waals surface area contributed by atoms with Crippen molar-refractivity contribution in [2.24, 2.45) is 0 Å². The van der Waals surface area contributed by atoms with Gasteiger partial charge in [-0.05, 0) is 78.7 Å². The van der Waals surface area contributed by atoms with Crippen molar-refractivity contribution < 1.29 is 17.9 Å². The Kier molecular flexibility index (Phi) is 6.34. The molecule has 4 aromatic carbocycles. The highest BCUT2D eigenvalue weighted by Gasteiger charge is 2.08. The van der Waals surface area contributed by atoms with Gasteiger partial charge in [-0.3, -0.25) is 0 Å². The van der Waals surface area contributed by atoms with Crippen LogP contribution in [0.15, 0.2) is 102 Å². The number of benzene rings is 4. The fourth-order valence-corrected chi connectivity index (χ4v) is 3.72. The average molecular weight is 431 g/mol. The van der Waals surface area contributed by atoms with E-state index in [1.54, 1.807) is 55.6 Å². The lowest BCUT2D eigenvalue weighted by Gasteiger charge is -2.09. The van der Waals surface area contributed by atoms with E-state index in [9.17, 15) is 4.21 Å². The Hall–Kier alpha value is -3.57. The summed E-state index contributed by atoms with van der Waals surface area (Å²) in [4.78, 5) is 0.554. The third kappa shape index (κ3) is 5.32. The smallest absolute Gasteiger partial charge is 0.240 e. The van der Waals surface area contributed by atoms with Gasteiger partial charge in [0.1, 0.15) is 23.0 Å². The van der Waals surface area contributed by atoms with Gasteiger partial charge in [-0.15, -0.1) is 0 Å². The van der Waals surface area contributed by atoms with Gasteiger partial charge < -0.3 is 13.7 Å². The van der Waals surface area contributed by atoms with Crippen molar-refractivity contribution >= 4 is 11.1 Å². The fourth-order valence-electron chi connectivity index (χ4n) is 2.98. The first-order chi connectivity index (χ1) is 15.1. The van der Waals surface area contributed by atoms with Crippen molar-refractivity contribution in [3.63, 3.8) is 0 Å². The molecule has 0 N–H and O–H groups in total. The van der Waals surface area contributed by atoms with Crippen LogP contribution in [0, 0.1) is 6.92 Å².